The molecule has 0 fully saturated rings. The van der Waals surface area contributed by atoms with Crippen molar-refractivity contribution in [3.05, 3.63) is 18.3 Å². The summed E-state index contributed by atoms with van der Waals surface area (Å²) in [6.45, 7) is 0. The first kappa shape index (κ1) is 13.9. The molecule has 2 N–H and O–H groups in total. The maximum Gasteiger partial charge on any atom is 0.197 e. The summed E-state index contributed by atoms with van der Waals surface area (Å²) in [4.78, 5) is 3.70. The van der Waals surface area contributed by atoms with E-state index in [-0.39, 0.29) is 28.6 Å². The van der Waals surface area contributed by atoms with Crippen LogP contribution in [0, 0.1) is 0 Å². The molecule has 0 atom stereocenters. The molecule has 0 aliphatic heterocycles. The molecule has 96 valence electrons. The number of pyridine rings is 1. The maximum atomic E-state index is 11.8. The summed E-state index contributed by atoms with van der Waals surface area (Å²) in [6, 6.07) is 2.97. The molecule has 1 rings (SSSR count). The molecule has 0 aliphatic carbocycles. The molecule has 0 aliphatic rings. The lowest BCUT2D eigenvalue weighted by Crippen LogP contribution is -2.14. The predicted octanol–water partition coefficient (Wildman–Crippen LogP) is -0.128. The van der Waals surface area contributed by atoms with Gasteiger partial charge in [0, 0.05) is 12.5 Å². The Bertz CT molecular complexity index is 593. The van der Waals surface area contributed by atoms with Gasteiger partial charge in [0.2, 0.25) is 0 Å². The van der Waals surface area contributed by atoms with Crippen LogP contribution in [0.25, 0.3) is 0 Å². The quantitative estimate of drug-likeness (QED) is 0.804. The number of hydrogen-bond donors (Lipinski definition) is 1. The summed E-state index contributed by atoms with van der Waals surface area (Å²) < 4.78 is 45.4. The van der Waals surface area contributed by atoms with Crippen LogP contribution in [0.4, 0.5) is 5.69 Å². The van der Waals surface area contributed by atoms with Gasteiger partial charge in [0.15, 0.2) is 14.9 Å². The largest absolute Gasteiger partial charge is 0.396 e. The Morgan fingerprint density at radius 2 is 1.88 bits per heavy atom. The minimum atomic E-state index is -3.61. The van der Waals surface area contributed by atoms with Crippen molar-refractivity contribution in [2.24, 2.45) is 0 Å². The molecule has 0 saturated heterocycles. The molecule has 0 unspecified atom stereocenters. The standard InChI is InChI=1S/C9H14N2O4S2/c1-16(12,13)6-3-7-17(14,15)9-8(10)4-2-5-11-9/h2,4-5H,3,6-7,10H2,1H3. The molecule has 0 saturated carbocycles. The number of nitrogens with two attached hydrogens (primary N) is 1. The van der Waals surface area contributed by atoms with Crippen LogP contribution in [0.1, 0.15) is 6.42 Å². The number of rotatable bonds is 5. The van der Waals surface area contributed by atoms with Crippen LogP contribution in [-0.2, 0) is 19.7 Å². The van der Waals surface area contributed by atoms with E-state index >= 15 is 0 Å². The number of nitrogen functional groups attached to an aromatic ring is 1. The average Bonchev–Trinajstić information content (AvgIpc) is 2.15. The Morgan fingerprint density at radius 1 is 1.24 bits per heavy atom. The number of sulfone groups is 2. The average molecular weight is 278 g/mol. The van der Waals surface area contributed by atoms with Crippen molar-refractivity contribution in [3.63, 3.8) is 0 Å². The number of aromatic nitrogens is 1. The summed E-state index contributed by atoms with van der Waals surface area (Å²) >= 11 is 0. The molecular formula is C9H14N2O4S2. The van der Waals surface area contributed by atoms with Gasteiger partial charge in [-0.15, -0.1) is 0 Å². The first-order valence-electron chi connectivity index (χ1n) is 4.83. The Morgan fingerprint density at radius 3 is 2.41 bits per heavy atom. The zero-order chi connectivity index (χ0) is 13.1. The third-order valence-corrected chi connectivity index (χ3v) is 4.81. The molecule has 1 aromatic rings. The van der Waals surface area contributed by atoms with Gasteiger partial charge in [-0.25, -0.2) is 21.8 Å². The first-order chi connectivity index (χ1) is 7.72. The molecule has 8 heteroatoms. The third kappa shape index (κ3) is 4.31. The van der Waals surface area contributed by atoms with Crippen molar-refractivity contribution >= 4 is 25.4 Å². The van der Waals surface area contributed by atoms with Crippen molar-refractivity contribution in [3.8, 4) is 0 Å². The van der Waals surface area contributed by atoms with Crippen molar-refractivity contribution in [1.82, 2.24) is 4.98 Å². The Balaban J connectivity index is 2.81. The summed E-state index contributed by atoms with van der Waals surface area (Å²) in [6.07, 6.45) is 2.44. The highest BCUT2D eigenvalue weighted by atomic mass is 32.2. The SMILES string of the molecule is CS(=O)(=O)CCCS(=O)(=O)c1ncccc1N. The van der Waals surface area contributed by atoms with Gasteiger partial charge < -0.3 is 5.73 Å². The van der Waals surface area contributed by atoms with Crippen LogP contribution >= 0.6 is 0 Å². The summed E-state index contributed by atoms with van der Waals surface area (Å²) in [5, 5.41) is -0.187. The van der Waals surface area contributed by atoms with Gasteiger partial charge >= 0.3 is 0 Å². The molecule has 0 spiro atoms. The van der Waals surface area contributed by atoms with Crippen molar-refractivity contribution in [1.29, 1.82) is 0 Å². The fourth-order valence-electron chi connectivity index (χ4n) is 1.27. The van der Waals surface area contributed by atoms with Crippen molar-refractivity contribution in [2.75, 3.05) is 23.5 Å². The van der Waals surface area contributed by atoms with Gasteiger partial charge in [-0.05, 0) is 18.6 Å². The van der Waals surface area contributed by atoms with Crippen LogP contribution in [0.5, 0.6) is 0 Å². The van der Waals surface area contributed by atoms with E-state index in [2.05, 4.69) is 4.98 Å². The normalized spacial score (nSPS) is 12.5. The van der Waals surface area contributed by atoms with E-state index in [9.17, 15) is 16.8 Å². The fraction of sp³-hybridized carbons (Fsp3) is 0.444. The van der Waals surface area contributed by atoms with E-state index in [1.165, 1.54) is 18.3 Å². The summed E-state index contributed by atoms with van der Waals surface area (Å²) in [5.41, 5.74) is 5.58. The molecule has 0 aromatic carbocycles. The summed E-state index contributed by atoms with van der Waals surface area (Å²) in [5.74, 6) is -0.444. The van der Waals surface area contributed by atoms with E-state index in [0.717, 1.165) is 6.26 Å². The van der Waals surface area contributed by atoms with Gasteiger partial charge in [0.25, 0.3) is 0 Å². The van der Waals surface area contributed by atoms with Gasteiger partial charge in [-0.1, -0.05) is 0 Å². The molecule has 6 nitrogen and oxygen atoms in total. The minimum absolute atomic E-state index is 0.0389. The Hall–Kier alpha value is -1.15. The highest BCUT2D eigenvalue weighted by molar-refractivity contribution is 7.92. The Kier molecular flexibility index (Phi) is 4.10. The van der Waals surface area contributed by atoms with Crippen molar-refractivity contribution < 1.29 is 16.8 Å². The highest BCUT2D eigenvalue weighted by Gasteiger charge is 2.19. The minimum Gasteiger partial charge on any atom is -0.396 e. The third-order valence-electron chi connectivity index (χ3n) is 2.02. The maximum absolute atomic E-state index is 11.8. The van der Waals surface area contributed by atoms with Gasteiger partial charge in [-0.2, -0.15) is 0 Å². The lowest BCUT2D eigenvalue weighted by molar-refractivity contribution is 0.589. The van der Waals surface area contributed by atoms with E-state index < -0.39 is 19.7 Å². The zero-order valence-electron chi connectivity index (χ0n) is 9.33. The molecule has 1 heterocycles. The molecule has 17 heavy (non-hydrogen) atoms. The Labute approximate surface area is 101 Å². The molecular weight excluding hydrogens is 264 g/mol. The number of hydrogen-bond acceptors (Lipinski definition) is 6. The lowest BCUT2D eigenvalue weighted by Gasteiger charge is -2.05. The highest BCUT2D eigenvalue weighted by Crippen LogP contribution is 2.16. The fourth-order valence-corrected chi connectivity index (χ4v) is 3.49. The van der Waals surface area contributed by atoms with Crippen molar-refractivity contribution in [2.45, 2.75) is 11.4 Å². The van der Waals surface area contributed by atoms with E-state index in [0.29, 0.717) is 0 Å². The summed E-state index contributed by atoms with van der Waals surface area (Å²) in [7, 11) is -6.77. The smallest absolute Gasteiger partial charge is 0.197 e. The van der Waals surface area contributed by atoms with Crippen LogP contribution in [0.2, 0.25) is 0 Å². The lowest BCUT2D eigenvalue weighted by atomic mass is 10.4. The van der Waals surface area contributed by atoms with Crippen LogP contribution in [0.15, 0.2) is 23.4 Å². The second-order valence-electron chi connectivity index (χ2n) is 3.70. The van der Waals surface area contributed by atoms with E-state index in [4.69, 9.17) is 5.73 Å². The van der Waals surface area contributed by atoms with Gasteiger partial charge in [-0.3, -0.25) is 0 Å². The number of nitrogens with zero attached hydrogens (tertiary/aromatic N) is 1. The number of anilines is 1. The van der Waals surface area contributed by atoms with Gasteiger partial charge in [0.05, 0.1) is 17.2 Å². The second-order valence-corrected chi connectivity index (χ2v) is 7.98. The molecule has 1 aromatic heterocycles. The molecule has 0 amide bonds. The zero-order valence-corrected chi connectivity index (χ0v) is 11.0. The van der Waals surface area contributed by atoms with Crippen LogP contribution in [0.3, 0.4) is 0 Å². The van der Waals surface area contributed by atoms with Crippen LogP contribution in [-0.4, -0.2) is 39.6 Å². The first-order valence-corrected chi connectivity index (χ1v) is 8.54. The van der Waals surface area contributed by atoms with E-state index in [1.807, 2.05) is 0 Å². The second kappa shape index (κ2) is 5.01. The topological polar surface area (TPSA) is 107 Å². The van der Waals surface area contributed by atoms with Crippen LogP contribution < -0.4 is 5.73 Å². The molecule has 0 bridgehead atoms. The molecule has 0 radical (unpaired) electrons. The monoisotopic (exact) mass is 278 g/mol. The van der Waals surface area contributed by atoms with E-state index in [1.54, 1.807) is 0 Å². The predicted molar refractivity (Wildman–Crippen MR) is 65.0 cm³/mol. The van der Waals surface area contributed by atoms with Gasteiger partial charge in [0.1, 0.15) is 9.84 Å².